The van der Waals surface area contributed by atoms with Crippen molar-refractivity contribution in [2.45, 2.75) is 5.41 Å². The number of rotatable bonds is 6. The Bertz CT molecular complexity index is 2380. The summed E-state index contributed by atoms with van der Waals surface area (Å²) in [5.74, 6) is -0.204. The minimum absolute atomic E-state index is 0.204. The van der Waals surface area contributed by atoms with Crippen molar-refractivity contribution >= 4 is 27.8 Å². The van der Waals surface area contributed by atoms with Crippen molar-refractivity contribution in [2.24, 2.45) is 0 Å². The van der Waals surface area contributed by atoms with Crippen LogP contribution in [0.1, 0.15) is 22.3 Å². The maximum absolute atomic E-state index is 15.3. The van der Waals surface area contributed by atoms with Crippen molar-refractivity contribution in [3.8, 4) is 22.3 Å². The SMILES string of the molecule is Fc1cccc2c3c(ccc12)C(c1ccccc1)(c1ccccc1)c1cc(N(c2ccccc2)c2ccc(-c4ccccc4)cc2)ccc1-3. The molecule has 0 saturated heterocycles. The minimum Gasteiger partial charge on any atom is -0.310 e. The summed E-state index contributed by atoms with van der Waals surface area (Å²) in [5.41, 5.74) is 11.8. The van der Waals surface area contributed by atoms with E-state index < -0.39 is 5.41 Å². The summed E-state index contributed by atoms with van der Waals surface area (Å²) in [7, 11) is 0. The summed E-state index contributed by atoms with van der Waals surface area (Å²) in [6.45, 7) is 0. The number of halogens is 1. The lowest BCUT2D eigenvalue weighted by Gasteiger charge is -2.35. The van der Waals surface area contributed by atoms with E-state index in [-0.39, 0.29) is 5.82 Å². The summed E-state index contributed by atoms with van der Waals surface area (Å²) in [4.78, 5) is 2.33. The zero-order valence-electron chi connectivity index (χ0n) is 26.8. The standard InChI is InChI=1S/C47H32FN/c48-45-23-13-22-41-40(45)30-31-43-46(41)42-29-28-39(32-44(42)47(43,35-16-7-2-8-17-35)36-18-9-3-10-19-36)49(37-20-11-4-12-21-37)38-26-24-34(25-27-38)33-14-5-1-6-15-33/h1-32H. The second-order valence-corrected chi connectivity index (χ2v) is 12.6. The van der Waals surface area contributed by atoms with Crippen LogP contribution in [0.3, 0.4) is 0 Å². The minimum atomic E-state index is -0.622. The molecule has 0 spiro atoms. The van der Waals surface area contributed by atoms with E-state index in [0.717, 1.165) is 39.1 Å². The molecule has 1 nitrogen and oxygen atoms in total. The van der Waals surface area contributed by atoms with Gasteiger partial charge in [-0.25, -0.2) is 4.39 Å². The molecule has 0 bridgehead atoms. The number of nitrogens with zero attached hydrogens (tertiary/aromatic N) is 1. The normalized spacial score (nSPS) is 12.8. The topological polar surface area (TPSA) is 3.24 Å². The third-order valence-corrected chi connectivity index (χ3v) is 10.0. The first-order valence-corrected chi connectivity index (χ1v) is 16.7. The van der Waals surface area contributed by atoms with Gasteiger partial charge in [0.15, 0.2) is 0 Å². The Balaban J connectivity index is 1.33. The molecule has 0 fully saturated rings. The molecule has 1 aliphatic carbocycles. The van der Waals surface area contributed by atoms with Gasteiger partial charge in [0.2, 0.25) is 0 Å². The molecular weight excluding hydrogens is 598 g/mol. The Morgan fingerprint density at radius 2 is 0.939 bits per heavy atom. The second-order valence-electron chi connectivity index (χ2n) is 12.6. The maximum Gasteiger partial charge on any atom is 0.131 e. The molecule has 0 saturated carbocycles. The summed E-state index contributed by atoms with van der Waals surface area (Å²) in [5, 5.41) is 1.56. The zero-order valence-corrected chi connectivity index (χ0v) is 26.8. The van der Waals surface area contributed by atoms with Crippen LogP contribution >= 0.6 is 0 Å². The van der Waals surface area contributed by atoms with Crippen molar-refractivity contribution < 1.29 is 4.39 Å². The van der Waals surface area contributed by atoms with Crippen LogP contribution in [0.4, 0.5) is 21.5 Å². The molecule has 1 aliphatic rings. The number of hydrogen-bond acceptors (Lipinski definition) is 1. The highest BCUT2D eigenvalue weighted by Gasteiger charge is 2.47. The van der Waals surface area contributed by atoms with E-state index in [4.69, 9.17) is 0 Å². The van der Waals surface area contributed by atoms with E-state index >= 15 is 4.39 Å². The van der Waals surface area contributed by atoms with E-state index in [1.54, 1.807) is 6.07 Å². The molecule has 49 heavy (non-hydrogen) atoms. The first-order valence-electron chi connectivity index (χ1n) is 16.7. The van der Waals surface area contributed by atoms with Crippen LogP contribution in [0, 0.1) is 5.82 Å². The molecule has 0 N–H and O–H groups in total. The monoisotopic (exact) mass is 629 g/mol. The molecule has 0 aromatic heterocycles. The van der Waals surface area contributed by atoms with Crippen LogP contribution in [0.5, 0.6) is 0 Å². The highest BCUT2D eigenvalue weighted by Crippen LogP contribution is 2.59. The zero-order chi connectivity index (χ0) is 32.8. The molecule has 232 valence electrons. The summed E-state index contributed by atoms with van der Waals surface area (Å²) in [6, 6.07) is 67.7. The summed E-state index contributed by atoms with van der Waals surface area (Å²) >= 11 is 0. The van der Waals surface area contributed by atoms with E-state index in [1.165, 1.54) is 27.8 Å². The lowest BCUT2D eigenvalue weighted by molar-refractivity contribution is 0.640. The Hall–Kier alpha value is -6.25. The van der Waals surface area contributed by atoms with Crippen molar-refractivity contribution in [3.05, 3.63) is 222 Å². The van der Waals surface area contributed by atoms with Gasteiger partial charge < -0.3 is 4.90 Å². The van der Waals surface area contributed by atoms with Crippen LogP contribution in [0.15, 0.2) is 194 Å². The number of para-hydroxylation sites is 1. The van der Waals surface area contributed by atoms with Crippen molar-refractivity contribution in [2.75, 3.05) is 4.90 Å². The fourth-order valence-electron chi connectivity index (χ4n) is 7.89. The fourth-order valence-corrected chi connectivity index (χ4v) is 7.89. The van der Waals surface area contributed by atoms with E-state index in [9.17, 15) is 0 Å². The molecule has 0 atom stereocenters. The summed E-state index contributed by atoms with van der Waals surface area (Å²) < 4.78 is 15.3. The number of fused-ring (bicyclic) bond motifs is 5. The van der Waals surface area contributed by atoms with Gasteiger partial charge in [-0.2, -0.15) is 0 Å². The quantitative estimate of drug-likeness (QED) is 0.177. The first-order chi connectivity index (χ1) is 24.2. The van der Waals surface area contributed by atoms with Crippen LogP contribution in [0.2, 0.25) is 0 Å². The Kier molecular flexibility index (Phi) is 6.95. The lowest BCUT2D eigenvalue weighted by atomic mass is 9.67. The van der Waals surface area contributed by atoms with Gasteiger partial charge in [-0.15, -0.1) is 0 Å². The third kappa shape index (κ3) is 4.60. The van der Waals surface area contributed by atoms with E-state index in [0.29, 0.717) is 5.39 Å². The van der Waals surface area contributed by atoms with E-state index in [1.807, 2.05) is 18.2 Å². The lowest BCUT2D eigenvalue weighted by Crippen LogP contribution is -2.28. The Morgan fingerprint density at radius 3 is 1.59 bits per heavy atom. The van der Waals surface area contributed by atoms with E-state index in [2.05, 4.69) is 175 Å². The number of anilines is 3. The van der Waals surface area contributed by atoms with Gasteiger partial charge in [0, 0.05) is 22.4 Å². The molecule has 0 heterocycles. The molecular formula is C47H32FN. The van der Waals surface area contributed by atoms with Gasteiger partial charge in [0.05, 0.1) is 5.41 Å². The largest absolute Gasteiger partial charge is 0.310 e. The Morgan fingerprint density at radius 1 is 0.388 bits per heavy atom. The molecule has 0 unspecified atom stereocenters. The molecule has 8 aromatic rings. The average Bonchev–Trinajstić information content (AvgIpc) is 3.48. The Labute approximate surface area is 286 Å². The van der Waals surface area contributed by atoms with Crippen LogP contribution in [0.25, 0.3) is 33.0 Å². The average molecular weight is 630 g/mol. The van der Waals surface area contributed by atoms with Gasteiger partial charge in [-0.3, -0.25) is 0 Å². The predicted octanol–water partition coefficient (Wildman–Crippen LogP) is 12.5. The van der Waals surface area contributed by atoms with Gasteiger partial charge in [0.1, 0.15) is 5.82 Å². The molecule has 9 rings (SSSR count). The molecule has 0 aliphatic heterocycles. The smallest absolute Gasteiger partial charge is 0.131 e. The van der Waals surface area contributed by atoms with Gasteiger partial charge in [-0.1, -0.05) is 152 Å². The van der Waals surface area contributed by atoms with Crippen molar-refractivity contribution in [1.29, 1.82) is 0 Å². The molecule has 8 aromatic carbocycles. The predicted molar refractivity (Wildman–Crippen MR) is 201 cm³/mol. The first kappa shape index (κ1) is 28.9. The van der Waals surface area contributed by atoms with Gasteiger partial charge in [-0.05, 0) is 92.4 Å². The molecule has 2 heteroatoms. The summed E-state index contributed by atoms with van der Waals surface area (Å²) in [6.07, 6.45) is 0. The van der Waals surface area contributed by atoms with Crippen LogP contribution < -0.4 is 4.90 Å². The van der Waals surface area contributed by atoms with Crippen LogP contribution in [-0.4, -0.2) is 0 Å². The van der Waals surface area contributed by atoms with Crippen molar-refractivity contribution in [3.63, 3.8) is 0 Å². The molecule has 0 radical (unpaired) electrons. The second kappa shape index (κ2) is 11.8. The number of hydrogen-bond donors (Lipinski definition) is 0. The third-order valence-electron chi connectivity index (χ3n) is 10.0. The number of benzene rings is 8. The van der Waals surface area contributed by atoms with Crippen LogP contribution in [-0.2, 0) is 5.41 Å². The van der Waals surface area contributed by atoms with Gasteiger partial charge >= 0.3 is 0 Å². The fraction of sp³-hybridized carbons (Fsp3) is 0.0213. The maximum atomic E-state index is 15.3. The van der Waals surface area contributed by atoms with Gasteiger partial charge in [0.25, 0.3) is 0 Å². The highest BCUT2D eigenvalue weighted by atomic mass is 19.1. The molecule has 0 amide bonds. The highest BCUT2D eigenvalue weighted by molar-refractivity contribution is 6.04. The van der Waals surface area contributed by atoms with Crippen molar-refractivity contribution in [1.82, 2.24) is 0 Å².